The minimum Gasteiger partial charge on any atom is -0.384 e. The van der Waals surface area contributed by atoms with E-state index in [9.17, 15) is 8.42 Å². The van der Waals surface area contributed by atoms with Gasteiger partial charge in [-0.3, -0.25) is 0 Å². The van der Waals surface area contributed by atoms with E-state index >= 15 is 0 Å². The summed E-state index contributed by atoms with van der Waals surface area (Å²) in [6, 6.07) is 8.22. The van der Waals surface area contributed by atoms with Gasteiger partial charge in [0, 0.05) is 11.6 Å². The highest BCUT2D eigenvalue weighted by Crippen LogP contribution is 2.20. The molecule has 5 nitrogen and oxygen atoms in total. The summed E-state index contributed by atoms with van der Waals surface area (Å²) >= 11 is 0. The van der Waals surface area contributed by atoms with Crippen LogP contribution >= 0.6 is 0 Å². The molecule has 2 N–H and O–H groups in total. The molecular weight excluding hydrogens is 250 g/mol. The highest BCUT2D eigenvalue weighted by atomic mass is 32.2. The van der Waals surface area contributed by atoms with Crippen molar-refractivity contribution in [3.05, 3.63) is 36.7 Å². The topological polar surface area (TPSA) is 85.9 Å². The van der Waals surface area contributed by atoms with Crippen molar-refractivity contribution in [1.29, 1.82) is 0 Å². The fraction of sp³-hybridized carbons (Fsp3) is 0.167. The Hall–Kier alpha value is -1.95. The predicted molar refractivity (Wildman–Crippen MR) is 69.6 cm³/mol. The third-order valence-corrected chi connectivity index (χ3v) is 4.33. The number of sulfone groups is 1. The van der Waals surface area contributed by atoms with E-state index in [-0.39, 0.29) is 5.75 Å². The number of hydrogen-bond acceptors (Lipinski definition) is 5. The average molecular weight is 263 g/mol. The van der Waals surface area contributed by atoms with Crippen LogP contribution in [-0.2, 0) is 9.84 Å². The maximum atomic E-state index is 11.7. The van der Waals surface area contributed by atoms with Gasteiger partial charge in [0.2, 0.25) is 0 Å². The zero-order chi connectivity index (χ0) is 13.2. The third kappa shape index (κ3) is 2.48. The first-order valence-corrected chi connectivity index (χ1v) is 7.09. The lowest BCUT2D eigenvalue weighted by atomic mass is 10.1. The zero-order valence-corrected chi connectivity index (χ0v) is 10.7. The highest BCUT2D eigenvalue weighted by Gasteiger charge is 2.11. The Labute approximate surface area is 106 Å². The van der Waals surface area contributed by atoms with Crippen LogP contribution in [0.15, 0.2) is 41.6 Å². The van der Waals surface area contributed by atoms with E-state index in [1.807, 2.05) is 0 Å². The number of benzene rings is 1. The fourth-order valence-electron chi connectivity index (χ4n) is 1.53. The van der Waals surface area contributed by atoms with Gasteiger partial charge in [-0.1, -0.05) is 19.1 Å². The summed E-state index contributed by atoms with van der Waals surface area (Å²) in [5.74, 6) is 0.470. The first-order valence-electron chi connectivity index (χ1n) is 5.43. The molecule has 0 aliphatic heterocycles. The van der Waals surface area contributed by atoms with Gasteiger partial charge in [-0.25, -0.2) is 18.4 Å². The number of rotatable bonds is 3. The van der Waals surface area contributed by atoms with Crippen LogP contribution in [0.2, 0.25) is 0 Å². The molecule has 0 saturated heterocycles. The maximum absolute atomic E-state index is 11.7. The van der Waals surface area contributed by atoms with Crippen molar-refractivity contribution >= 4 is 15.7 Å². The lowest BCUT2D eigenvalue weighted by molar-refractivity contribution is 0.597. The number of nitrogen functional groups attached to an aromatic ring is 1. The van der Waals surface area contributed by atoms with Crippen LogP contribution in [0, 0.1) is 0 Å². The second-order valence-electron chi connectivity index (χ2n) is 3.76. The molecule has 0 aliphatic carbocycles. The van der Waals surface area contributed by atoms with Gasteiger partial charge in [-0.15, -0.1) is 0 Å². The molecule has 1 aromatic carbocycles. The first-order chi connectivity index (χ1) is 8.53. The number of aromatic nitrogens is 2. The molecule has 0 aliphatic rings. The molecule has 0 spiro atoms. The van der Waals surface area contributed by atoms with Crippen molar-refractivity contribution in [3.8, 4) is 11.3 Å². The zero-order valence-electron chi connectivity index (χ0n) is 9.87. The molecule has 6 heteroatoms. The molecule has 0 bridgehead atoms. The van der Waals surface area contributed by atoms with Crippen molar-refractivity contribution in [2.75, 3.05) is 11.5 Å². The van der Waals surface area contributed by atoms with Gasteiger partial charge in [-0.2, -0.15) is 0 Å². The van der Waals surface area contributed by atoms with Gasteiger partial charge >= 0.3 is 0 Å². The SMILES string of the molecule is CCS(=O)(=O)c1ccc(-c2cc(N)ncn2)cc1. The lowest BCUT2D eigenvalue weighted by Gasteiger charge is -2.04. The molecule has 1 aromatic heterocycles. The maximum Gasteiger partial charge on any atom is 0.178 e. The minimum atomic E-state index is -3.16. The van der Waals surface area contributed by atoms with Crippen LogP contribution in [0.1, 0.15) is 6.92 Å². The van der Waals surface area contributed by atoms with Gasteiger partial charge < -0.3 is 5.73 Å². The monoisotopic (exact) mass is 263 g/mol. The summed E-state index contributed by atoms with van der Waals surface area (Å²) in [6.45, 7) is 1.62. The van der Waals surface area contributed by atoms with Crippen molar-refractivity contribution in [2.45, 2.75) is 11.8 Å². The normalized spacial score (nSPS) is 11.4. The highest BCUT2D eigenvalue weighted by molar-refractivity contribution is 7.91. The number of anilines is 1. The summed E-state index contributed by atoms with van der Waals surface area (Å²) in [4.78, 5) is 8.20. The predicted octanol–water partition coefficient (Wildman–Crippen LogP) is 1.52. The number of nitrogens with zero attached hydrogens (tertiary/aromatic N) is 2. The Kier molecular flexibility index (Phi) is 3.29. The van der Waals surface area contributed by atoms with E-state index in [2.05, 4.69) is 9.97 Å². The molecule has 0 fully saturated rings. The second kappa shape index (κ2) is 4.73. The molecule has 2 rings (SSSR count). The van der Waals surface area contributed by atoms with Crippen molar-refractivity contribution < 1.29 is 8.42 Å². The minimum absolute atomic E-state index is 0.0901. The van der Waals surface area contributed by atoms with E-state index < -0.39 is 9.84 Å². The quantitative estimate of drug-likeness (QED) is 0.907. The van der Waals surface area contributed by atoms with Gasteiger partial charge in [0.25, 0.3) is 0 Å². The summed E-state index contributed by atoms with van der Waals surface area (Å²) in [6.07, 6.45) is 1.38. The van der Waals surface area contributed by atoms with Crippen LogP contribution in [0.25, 0.3) is 11.3 Å². The molecule has 0 atom stereocenters. The van der Waals surface area contributed by atoms with Crippen LogP contribution < -0.4 is 5.73 Å². The summed E-state index contributed by atoms with van der Waals surface area (Å²) in [5, 5.41) is 0. The van der Waals surface area contributed by atoms with E-state index in [4.69, 9.17) is 5.73 Å². The molecule has 2 aromatic rings. The van der Waals surface area contributed by atoms with Gasteiger partial charge in [0.15, 0.2) is 9.84 Å². The number of nitrogens with two attached hydrogens (primary N) is 1. The lowest BCUT2D eigenvalue weighted by Crippen LogP contribution is -2.03. The third-order valence-electron chi connectivity index (χ3n) is 2.58. The van der Waals surface area contributed by atoms with Gasteiger partial charge in [-0.05, 0) is 12.1 Å². The second-order valence-corrected chi connectivity index (χ2v) is 6.03. The van der Waals surface area contributed by atoms with Crippen LogP contribution in [0.3, 0.4) is 0 Å². The molecule has 0 radical (unpaired) electrons. The van der Waals surface area contributed by atoms with E-state index in [1.54, 1.807) is 37.3 Å². The average Bonchev–Trinajstić information content (AvgIpc) is 2.39. The molecule has 1 heterocycles. The van der Waals surface area contributed by atoms with Gasteiger partial charge in [0.05, 0.1) is 16.3 Å². The van der Waals surface area contributed by atoms with Crippen LogP contribution in [-0.4, -0.2) is 24.1 Å². The Bertz CT molecular complexity index is 651. The Morgan fingerprint density at radius 3 is 2.39 bits per heavy atom. The van der Waals surface area contributed by atoms with Crippen molar-refractivity contribution in [2.24, 2.45) is 0 Å². The Morgan fingerprint density at radius 1 is 1.17 bits per heavy atom. The standard InChI is InChI=1S/C12H13N3O2S/c1-2-18(16,17)10-5-3-9(4-6-10)11-7-12(13)15-8-14-11/h3-8H,2H2,1H3,(H2,13,14,15). The Balaban J connectivity index is 2.40. The molecule has 0 amide bonds. The van der Waals surface area contributed by atoms with Crippen molar-refractivity contribution in [1.82, 2.24) is 9.97 Å². The Morgan fingerprint density at radius 2 is 1.83 bits per heavy atom. The van der Waals surface area contributed by atoms with E-state index in [0.717, 1.165) is 5.56 Å². The first kappa shape index (κ1) is 12.5. The molecule has 18 heavy (non-hydrogen) atoms. The summed E-state index contributed by atoms with van der Waals surface area (Å²) < 4.78 is 23.3. The van der Waals surface area contributed by atoms with E-state index in [0.29, 0.717) is 16.4 Å². The molecular formula is C12H13N3O2S. The summed E-state index contributed by atoms with van der Waals surface area (Å²) in [7, 11) is -3.16. The molecule has 0 saturated carbocycles. The van der Waals surface area contributed by atoms with Crippen molar-refractivity contribution in [3.63, 3.8) is 0 Å². The summed E-state index contributed by atoms with van der Waals surface area (Å²) in [5.41, 5.74) is 7.04. The largest absolute Gasteiger partial charge is 0.384 e. The van der Waals surface area contributed by atoms with E-state index in [1.165, 1.54) is 6.33 Å². The molecule has 0 unspecified atom stereocenters. The smallest absolute Gasteiger partial charge is 0.178 e. The van der Waals surface area contributed by atoms with Gasteiger partial charge in [0.1, 0.15) is 12.1 Å². The molecule has 94 valence electrons. The van der Waals surface area contributed by atoms with Crippen LogP contribution in [0.5, 0.6) is 0 Å². The van der Waals surface area contributed by atoms with Crippen LogP contribution in [0.4, 0.5) is 5.82 Å². The fourth-order valence-corrected chi connectivity index (χ4v) is 2.41. The number of hydrogen-bond donors (Lipinski definition) is 1.